The summed E-state index contributed by atoms with van der Waals surface area (Å²) in [4.78, 5) is 21.6. The highest BCUT2D eigenvalue weighted by Crippen LogP contribution is 2.35. The van der Waals surface area contributed by atoms with Crippen LogP contribution in [-0.2, 0) is 0 Å². The van der Waals surface area contributed by atoms with Gasteiger partial charge in [0, 0.05) is 18.0 Å². The minimum absolute atomic E-state index is 0.121. The summed E-state index contributed by atoms with van der Waals surface area (Å²) in [5.41, 5.74) is 4.80. The predicted molar refractivity (Wildman–Crippen MR) is 92.3 cm³/mol. The van der Waals surface area contributed by atoms with Gasteiger partial charge in [0.05, 0.1) is 28.0 Å². The molecule has 0 bridgehead atoms. The van der Waals surface area contributed by atoms with Crippen molar-refractivity contribution in [1.29, 1.82) is 0 Å². The molecule has 3 heterocycles. The van der Waals surface area contributed by atoms with Gasteiger partial charge in [-0.3, -0.25) is 14.3 Å². The lowest BCUT2D eigenvalue weighted by Gasteiger charge is -2.11. The molecular formula is C19H12N4O. The van der Waals surface area contributed by atoms with Crippen LogP contribution in [0.15, 0.2) is 67.0 Å². The molecule has 0 atom stereocenters. The highest BCUT2D eigenvalue weighted by atomic mass is 16.1. The third kappa shape index (κ3) is 1.72. The standard InChI is InChI=1S/C19H12N4O/c24-19-13-6-3-8-15-17(13)23(16-9-2-1-7-14(16)22-19)18(21-15)12-5-4-10-20-11-12/h1-11H,(H,22,24). The number of pyridine rings is 1. The Kier molecular flexibility index (Phi) is 2.58. The van der Waals surface area contributed by atoms with Gasteiger partial charge in [0.2, 0.25) is 0 Å². The average Bonchev–Trinajstić information content (AvgIpc) is 2.96. The highest BCUT2D eigenvalue weighted by molar-refractivity contribution is 6.14. The molecular weight excluding hydrogens is 300 g/mol. The van der Waals surface area contributed by atoms with E-state index >= 15 is 0 Å². The van der Waals surface area contributed by atoms with Crippen molar-refractivity contribution in [2.75, 3.05) is 5.32 Å². The SMILES string of the molecule is O=C1Nc2ccccc2-n2c(-c3cccnc3)nc3cccc1c32. The fourth-order valence-corrected chi connectivity index (χ4v) is 3.20. The Labute approximate surface area is 137 Å². The molecule has 24 heavy (non-hydrogen) atoms. The Hall–Kier alpha value is -3.47. The Morgan fingerprint density at radius 1 is 0.958 bits per heavy atom. The Morgan fingerprint density at radius 2 is 1.88 bits per heavy atom. The van der Waals surface area contributed by atoms with Gasteiger partial charge in [-0.05, 0) is 36.4 Å². The molecule has 114 valence electrons. The van der Waals surface area contributed by atoms with Crippen molar-refractivity contribution >= 4 is 22.6 Å². The Bertz CT molecular complexity index is 1100. The molecule has 5 nitrogen and oxygen atoms in total. The van der Waals surface area contributed by atoms with E-state index in [-0.39, 0.29) is 5.91 Å². The number of anilines is 1. The number of hydrogen-bond acceptors (Lipinski definition) is 3. The lowest BCUT2D eigenvalue weighted by molar-refractivity contribution is 0.102. The minimum Gasteiger partial charge on any atom is -0.320 e. The van der Waals surface area contributed by atoms with E-state index in [4.69, 9.17) is 4.98 Å². The maximum atomic E-state index is 12.6. The highest BCUT2D eigenvalue weighted by Gasteiger charge is 2.25. The van der Waals surface area contributed by atoms with E-state index in [2.05, 4.69) is 10.3 Å². The van der Waals surface area contributed by atoms with E-state index in [1.807, 2.05) is 59.2 Å². The molecule has 4 aromatic rings. The fourth-order valence-electron chi connectivity index (χ4n) is 3.20. The molecule has 1 amide bonds. The summed E-state index contributed by atoms with van der Waals surface area (Å²) in [6.45, 7) is 0. The summed E-state index contributed by atoms with van der Waals surface area (Å²) in [7, 11) is 0. The number of amides is 1. The first-order chi connectivity index (χ1) is 11.8. The molecule has 0 saturated heterocycles. The number of nitrogens with zero attached hydrogens (tertiary/aromatic N) is 3. The van der Waals surface area contributed by atoms with Gasteiger partial charge in [-0.25, -0.2) is 4.98 Å². The molecule has 0 saturated carbocycles. The number of carbonyl (C=O) groups excluding carboxylic acids is 1. The van der Waals surface area contributed by atoms with Gasteiger partial charge in [0.1, 0.15) is 5.82 Å². The van der Waals surface area contributed by atoms with Gasteiger partial charge in [0.25, 0.3) is 5.91 Å². The molecule has 0 fully saturated rings. The average molecular weight is 312 g/mol. The van der Waals surface area contributed by atoms with E-state index in [1.54, 1.807) is 12.4 Å². The fraction of sp³-hybridized carbons (Fsp3) is 0. The normalized spacial score (nSPS) is 12.6. The van der Waals surface area contributed by atoms with Gasteiger partial charge in [-0.15, -0.1) is 0 Å². The van der Waals surface area contributed by atoms with Crippen LogP contribution in [0.2, 0.25) is 0 Å². The molecule has 2 aromatic carbocycles. The smallest absolute Gasteiger partial charge is 0.257 e. The summed E-state index contributed by atoms with van der Waals surface area (Å²) in [6, 6.07) is 17.2. The predicted octanol–water partition coefficient (Wildman–Crippen LogP) is 3.65. The molecule has 1 aliphatic rings. The quantitative estimate of drug-likeness (QED) is 0.583. The first kappa shape index (κ1) is 13.0. The second kappa shape index (κ2) is 4.76. The molecule has 1 N–H and O–H groups in total. The zero-order valence-corrected chi connectivity index (χ0v) is 12.6. The number of aromatic nitrogens is 3. The first-order valence-corrected chi connectivity index (χ1v) is 7.65. The van der Waals surface area contributed by atoms with Gasteiger partial charge in [-0.1, -0.05) is 18.2 Å². The second-order valence-electron chi connectivity index (χ2n) is 5.66. The van der Waals surface area contributed by atoms with Crippen molar-refractivity contribution in [3.8, 4) is 17.1 Å². The van der Waals surface area contributed by atoms with E-state index in [0.29, 0.717) is 5.56 Å². The number of para-hydroxylation sites is 3. The molecule has 5 rings (SSSR count). The maximum absolute atomic E-state index is 12.6. The third-order valence-corrected chi connectivity index (χ3v) is 4.23. The van der Waals surface area contributed by atoms with Gasteiger partial charge < -0.3 is 5.32 Å². The molecule has 0 unspecified atom stereocenters. The summed E-state index contributed by atoms with van der Waals surface area (Å²) < 4.78 is 2.04. The van der Waals surface area contributed by atoms with Gasteiger partial charge in [0.15, 0.2) is 0 Å². The van der Waals surface area contributed by atoms with Crippen LogP contribution >= 0.6 is 0 Å². The molecule has 5 heteroatoms. The number of fused-ring (bicyclic) bond motifs is 2. The Morgan fingerprint density at radius 3 is 2.75 bits per heavy atom. The van der Waals surface area contributed by atoms with E-state index in [1.165, 1.54) is 0 Å². The minimum atomic E-state index is -0.121. The summed E-state index contributed by atoms with van der Waals surface area (Å²) in [6.07, 6.45) is 3.52. The van der Waals surface area contributed by atoms with E-state index in [0.717, 1.165) is 33.8 Å². The van der Waals surface area contributed by atoms with Crippen molar-refractivity contribution in [1.82, 2.24) is 14.5 Å². The largest absolute Gasteiger partial charge is 0.320 e. The number of hydrogen-bond donors (Lipinski definition) is 1. The number of rotatable bonds is 1. The summed E-state index contributed by atoms with van der Waals surface area (Å²) >= 11 is 0. The van der Waals surface area contributed by atoms with Gasteiger partial charge >= 0.3 is 0 Å². The number of carbonyl (C=O) groups is 1. The zero-order chi connectivity index (χ0) is 16.1. The van der Waals surface area contributed by atoms with Crippen molar-refractivity contribution in [2.24, 2.45) is 0 Å². The molecule has 1 aliphatic heterocycles. The van der Waals surface area contributed by atoms with Crippen molar-refractivity contribution in [3.63, 3.8) is 0 Å². The van der Waals surface area contributed by atoms with Crippen LogP contribution in [0, 0.1) is 0 Å². The van der Waals surface area contributed by atoms with E-state index in [9.17, 15) is 4.79 Å². The number of benzene rings is 2. The van der Waals surface area contributed by atoms with Crippen molar-refractivity contribution in [2.45, 2.75) is 0 Å². The van der Waals surface area contributed by atoms with Crippen molar-refractivity contribution in [3.05, 3.63) is 72.6 Å². The van der Waals surface area contributed by atoms with E-state index < -0.39 is 0 Å². The van der Waals surface area contributed by atoms with Crippen molar-refractivity contribution < 1.29 is 4.79 Å². The summed E-state index contributed by atoms with van der Waals surface area (Å²) in [5.74, 6) is 0.652. The third-order valence-electron chi connectivity index (χ3n) is 4.23. The Balaban J connectivity index is 1.98. The zero-order valence-electron chi connectivity index (χ0n) is 12.6. The lowest BCUT2D eigenvalue weighted by atomic mass is 10.1. The van der Waals surface area contributed by atoms with Crippen LogP contribution in [0.5, 0.6) is 0 Å². The molecule has 2 aromatic heterocycles. The maximum Gasteiger partial charge on any atom is 0.257 e. The molecule has 0 radical (unpaired) electrons. The number of nitrogens with one attached hydrogen (secondary N) is 1. The first-order valence-electron chi connectivity index (χ1n) is 7.65. The van der Waals surface area contributed by atoms with Crippen LogP contribution in [0.3, 0.4) is 0 Å². The monoisotopic (exact) mass is 312 g/mol. The molecule has 0 aliphatic carbocycles. The van der Waals surface area contributed by atoms with Crippen LogP contribution in [-0.4, -0.2) is 20.4 Å². The van der Waals surface area contributed by atoms with Crippen LogP contribution in [0.25, 0.3) is 28.1 Å². The molecule has 0 spiro atoms. The van der Waals surface area contributed by atoms with Crippen LogP contribution < -0.4 is 5.32 Å². The summed E-state index contributed by atoms with van der Waals surface area (Å²) in [5, 5.41) is 2.99. The van der Waals surface area contributed by atoms with Crippen LogP contribution in [0.1, 0.15) is 10.4 Å². The lowest BCUT2D eigenvalue weighted by Crippen LogP contribution is -2.10. The van der Waals surface area contributed by atoms with Crippen LogP contribution in [0.4, 0.5) is 5.69 Å². The van der Waals surface area contributed by atoms with Gasteiger partial charge in [-0.2, -0.15) is 0 Å². The number of imidazole rings is 1. The second-order valence-corrected chi connectivity index (χ2v) is 5.66. The topological polar surface area (TPSA) is 59.8 Å².